The van der Waals surface area contributed by atoms with Crippen LogP contribution in [0.3, 0.4) is 0 Å². The molecule has 25 heavy (non-hydrogen) atoms. The molecule has 140 valence electrons. The molecule has 0 saturated heterocycles. The molecule has 0 spiro atoms. The fourth-order valence-electron chi connectivity index (χ4n) is 2.69. The van der Waals surface area contributed by atoms with Gasteiger partial charge in [-0.05, 0) is 19.8 Å². The van der Waals surface area contributed by atoms with Crippen LogP contribution in [-0.2, 0) is 20.3 Å². The first kappa shape index (κ1) is 20.2. The molecule has 0 aromatic carbocycles. The lowest BCUT2D eigenvalue weighted by Gasteiger charge is -2.25. The third kappa shape index (κ3) is 4.74. The Labute approximate surface area is 144 Å². The standard InChI is InChI=1S/C13H20N2O8P2/c1-9-12(16)11(10(6-14-9)8-23-25(20,21)22)7-15-13(24(17,18)19)4-2-3-5-13/h6-7,16H,2-5,8H2,1H3,(H2,17,18,19)(H2,20,21,22). The number of aryl methyl sites for hydroxylation is 1. The lowest BCUT2D eigenvalue weighted by molar-refractivity contribution is 0.188. The van der Waals surface area contributed by atoms with E-state index in [0.717, 1.165) is 6.21 Å². The highest BCUT2D eigenvalue weighted by molar-refractivity contribution is 7.53. The van der Waals surface area contributed by atoms with E-state index in [-0.39, 0.29) is 35.4 Å². The van der Waals surface area contributed by atoms with Crippen LogP contribution in [0.2, 0.25) is 0 Å². The summed E-state index contributed by atoms with van der Waals surface area (Å²) in [4.78, 5) is 44.9. The minimum absolute atomic E-state index is 0.0562. The molecule has 0 radical (unpaired) electrons. The summed E-state index contributed by atoms with van der Waals surface area (Å²) in [5.74, 6) is -0.297. The van der Waals surface area contributed by atoms with Gasteiger partial charge in [-0.25, -0.2) is 4.57 Å². The predicted molar refractivity (Wildman–Crippen MR) is 88.3 cm³/mol. The van der Waals surface area contributed by atoms with Crippen LogP contribution in [0.5, 0.6) is 5.75 Å². The number of aromatic nitrogens is 1. The molecule has 1 saturated carbocycles. The Morgan fingerprint density at radius 3 is 2.40 bits per heavy atom. The fraction of sp³-hybridized carbons (Fsp3) is 0.538. The molecule has 1 aromatic rings. The summed E-state index contributed by atoms with van der Waals surface area (Å²) < 4.78 is 27.1. The number of nitrogens with zero attached hydrogens (tertiary/aromatic N) is 2. The van der Waals surface area contributed by atoms with Gasteiger partial charge in [0.1, 0.15) is 5.75 Å². The van der Waals surface area contributed by atoms with Gasteiger partial charge in [0.15, 0.2) is 5.28 Å². The SMILES string of the molecule is Cc1ncc(COP(=O)(O)O)c(C=NC2(P(=O)(O)O)CCCC2)c1O. The summed E-state index contributed by atoms with van der Waals surface area (Å²) in [5, 5.41) is 8.63. The van der Waals surface area contributed by atoms with Gasteiger partial charge in [0.25, 0.3) is 0 Å². The van der Waals surface area contributed by atoms with Gasteiger partial charge in [0.05, 0.1) is 12.3 Å². The van der Waals surface area contributed by atoms with E-state index < -0.39 is 27.3 Å². The third-order valence-electron chi connectivity index (χ3n) is 4.13. The predicted octanol–water partition coefficient (Wildman–Crippen LogP) is 1.57. The van der Waals surface area contributed by atoms with Gasteiger partial charge in [-0.1, -0.05) is 12.8 Å². The van der Waals surface area contributed by atoms with Gasteiger partial charge in [-0.3, -0.25) is 19.1 Å². The molecule has 1 aromatic heterocycles. The molecule has 1 aliphatic rings. The molecular formula is C13H20N2O8P2. The first-order chi connectivity index (χ1) is 11.5. The second-order valence-electron chi connectivity index (χ2n) is 5.89. The van der Waals surface area contributed by atoms with Crippen LogP contribution in [-0.4, -0.2) is 41.2 Å². The number of phosphoric acid groups is 1. The average molecular weight is 394 g/mol. The van der Waals surface area contributed by atoms with E-state index in [2.05, 4.69) is 14.5 Å². The Morgan fingerprint density at radius 2 is 1.88 bits per heavy atom. The maximum atomic E-state index is 11.8. The summed E-state index contributed by atoms with van der Waals surface area (Å²) in [5.41, 5.74) is 0.424. The second-order valence-corrected chi connectivity index (χ2v) is 9.05. The van der Waals surface area contributed by atoms with Gasteiger partial charge in [0, 0.05) is 23.5 Å². The van der Waals surface area contributed by atoms with Crippen LogP contribution in [0.1, 0.15) is 42.5 Å². The molecular weight excluding hydrogens is 374 g/mol. The zero-order chi connectivity index (χ0) is 18.9. The molecule has 0 amide bonds. The van der Waals surface area contributed by atoms with Gasteiger partial charge in [-0.2, -0.15) is 0 Å². The monoisotopic (exact) mass is 394 g/mol. The summed E-state index contributed by atoms with van der Waals surface area (Å²) in [6.07, 6.45) is 4.05. The van der Waals surface area contributed by atoms with Gasteiger partial charge < -0.3 is 24.7 Å². The Kier molecular flexibility index (Phi) is 5.85. The Bertz CT molecular complexity index is 764. The molecule has 1 fully saturated rings. The van der Waals surface area contributed by atoms with E-state index in [1.165, 1.54) is 13.1 Å². The lowest BCUT2D eigenvalue weighted by Crippen LogP contribution is -2.22. The topological polar surface area (TPSA) is 170 Å². The number of aromatic hydroxyl groups is 1. The molecule has 0 bridgehead atoms. The minimum Gasteiger partial charge on any atom is -0.505 e. The highest BCUT2D eigenvalue weighted by Crippen LogP contribution is 2.59. The molecule has 2 rings (SSSR count). The van der Waals surface area contributed by atoms with Crippen LogP contribution >= 0.6 is 15.4 Å². The second kappa shape index (κ2) is 7.25. The molecule has 0 aliphatic heterocycles. The van der Waals surface area contributed by atoms with Crippen molar-refractivity contribution in [2.75, 3.05) is 0 Å². The van der Waals surface area contributed by atoms with Gasteiger partial charge >= 0.3 is 15.4 Å². The van der Waals surface area contributed by atoms with Crippen molar-refractivity contribution in [3.8, 4) is 5.75 Å². The van der Waals surface area contributed by atoms with E-state index in [0.29, 0.717) is 12.8 Å². The van der Waals surface area contributed by atoms with Crippen molar-refractivity contribution in [1.29, 1.82) is 0 Å². The van der Waals surface area contributed by atoms with E-state index in [1.54, 1.807) is 0 Å². The zero-order valence-electron chi connectivity index (χ0n) is 13.4. The molecule has 10 nitrogen and oxygen atoms in total. The fourth-order valence-corrected chi connectivity index (χ4v) is 4.10. The van der Waals surface area contributed by atoms with Crippen molar-refractivity contribution in [1.82, 2.24) is 4.98 Å². The van der Waals surface area contributed by atoms with Crippen molar-refractivity contribution >= 4 is 21.6 Å². The smallest absolute Gasteiger partial charge is 0.469 e. The summed E-state index contributed by atoms with van der Waals surface area (Å²) in [6, 6.07) is 0. The summed E-state index contributed by atoms with van der Waals surface area (Å²) in [7, 11) is -9.25. The Balaban J connectivity index is 2.42. The lowest BCUT2D eigenvalue weighted by atomic mass is 10.1. The maximum absolute atomic E-state index is 11.8. The van der Waals surface area contributed by atoms with Crippen molar-refractivity contribution in [2.45, 2.75) is 44.5 Å². The number of aliphatic imine (C=N–C) groups is 1. The van der Waals surface area contributed by atoms with Crippen LogP contribution in [0.25, 0.3) is 0 Å². The highest BCUT2D eigenvalue weighted by Gasteiger charge is 2.48. The first-order valence-corrected chi connectivity index (χ1v) is 10.6. The molecule has 1 heterocycles. The molecule has 5 N–H and O–H groups in total. The quantitative estimate of drug-likeness (QED) is 0.355. The normalized spacial score (nSPS) is 18.1. The average Bonchev–Trinajstić information content (AvgIpc) is 2.96. The summed E-state index contributed by atoms with van der Waals surface area (Å²) >= 11 is 0. The largest absolute Gasteiger partial charge is 0.505 e. The number of hydrogen-bond acceptors (Lipinski definition) is 6. The maximum Gasteiger partial charge on any atom is 0.469 e. The van der Waals surface area contributed by atoms with Crippen molar-refractivity contribution in [2.24, 2.45) is 4.99 Å². The number of phosphoric ester groups is 1. The Morgan fingerprint density at radius 1 is 1.28 bits per heavy atom. The van der Waals surface area contributed by atoms with Crippen LogP contribution in [0, 0.1) is 6.92 Å². The number of pyridine rings is 1. The first-order valence-electron chi connectivity index (χ1n) is 7.44. The Hall–Kier alpha value is -1.12. The van der Waals surface area contributed by atoms with E-state index in [9.17, 15) is 24.0 Å². The van der Waals surface area contributed by atoms with Gasteiger partial charge in [0.2, 0.25) is 0 Å². The number of rotatable bonds is 6. The number of hydrogen-bond donors (Lipinski definition) is 5. The summed E-state index contributed by atoms with van der Waals surface area (Å²) in [6.45, 7) is 0.962. The van der Waals surface area contributed by atoms with Crippen molar-refractivity contribution in [3.63, 3.8) is 0 Å². The zero-order valence-corrected chi connectivity index (χ0v) is 15.2. The molecule has 12 heteroatoms. The highest BCUT2D eigenvalue weighted by atomic mass is 31.2. The molecule has 0 atom stereocenters. The minimum atomic E-state index is -4.74. The van der Waals surface area contributed by atoms with Crippen LogP contribution in [0.4, 0.5) is 0 Å². The van der Waals surface area contributed by atoms with Gasteiger partial charge in [-0.15, -0.1) is 0 Å². The van der Waals surface area contributed by atoms with Crippen LogP contribution in [0.15, 0.2) is 11.2 Å². The molecule has 0 unspecified atom stereocenters. The van der Waals surface area contributed by atoms with Crippen molar-refractivity contribution in [3.05, 3.63) is 23.0 Å². The van der Waals surface area contributed by atoms with Crippen LogP contribution < -0.4 is 0 Å². The van der Waals surface area contributed by atoms with E-state index >= 15 is 0 Å². The van der Waals surface area contributed by atoms with E-state index in [1.807, 2.05) is 0 Å². The third-order valence-corrected chi connectivity index (χ3v) is 6.24. The van der Waals surface area contributed by atoms with Crippen molar-refractivity contribution < 1.29 is 38.3 Å². The molecule has 1 aliphatic carbocycles. The van der Waals surface area contributed by atoms with E-state index in [4.69, 9.17) is 9.79 Å².